The van der Waals surface area contributed by atoms with Crippen molar-refractivity contribution in [3.8, 4) is 0 Å². The topological polar surface area (TPSA) is 49.6 Å². The van der Waals surface area contributed by atoms with Crippen molar-refractivity contribution in [2.45, 2.75) is 13.8 Å². The molecule has 0 atom stereocenters. The van der Waals surface area contributed by atoms with E-state index in [9.17, 15) is 10.1 Å². The van der Waals surface area contributed by atoms with Gasteiger partial charge >= 0.3 is 0 Å². The number of para-hydroxylation sites is 1. The minimum atomic E-state index is -0.343. The highest BCUT2D eigenvalue weighted by molar-refractivity contribution is 5.60. The lowest BCUT2D eigenvalue weighted by Crippen LogP contribution is -2.33. The zero-order chi connectivity index (χ0) is 15.7. The first-order valence-electron chi connectivity index (χ1n) is 7.39. The Balaban J connectivity index is 2.49. The van der Waals surface area contributed by atoms with Crippen LogP contribution in [-0.2, 0) is 0 Å². The van der Waals surface area contributed by atoms with Crippen LogP contribution in [0.15, 0.2) is 30.3 Å². The third kappa shape index (κ3) is 6.06. The first-order valence-corrected chi connectivity index (χ1v) is 7.39. The molecule has 0 radical (unpaired) electrons. The summed E-state index contributed by atoms with van der Waals surface area (Å²) >= 11 is 0. The van der Waals surface area contributed by atoms with Crippen LogP contribution in [0, 0.1) is 10.1 Å². The fourth-order valence-corrected chi connectivity index (χ4v) is 2.10. The molecule has 21 heavy (non-hydrogen) atoms. The Morgan fingerprint density at radius 1 is 1.19 bits per heavy atom. The first kappa shape index (κ1) is 17.3. The van der Waals surface area contributed by atoms with E-state index in [0.717, 1.165) is 32.7 Å². The fourth-order valence-electron chi connectivity index (χ4n) is 2.10. The molecule has 0 spiro atoms. The normalized spacial score (nSPS) is 11.7. The molecule has 0 aromatic heterocycles. The summed E-state index contributed by atoms with van der Waals surface area (Å²) in [6.45, 7) is 9.28. The summed E-state index contributed by atoms with van der Waals surface area (Å²) in [6, 6.07) is 6.80. The van der Waals surface area contributed by atoms with Gasteiger partial charge in [-0.05, 0) is 26.2 Å². The van der Waals surface area contributed by atoms with Gasteiger partial charge < -0.3 is 9.80 Å². The molecule has 0 saturated carbocycles. The van der Waals surface area contributed by atoms with Gasteiger partial charge in [-0.15, -0.1) is 0 Å². The van der Waals surface area contributed by atoms with Crippen LogP contribution in [-0.4, -0.2) is 54.5 Å². The van der Waals surface area contributed by atoms with Crippen molar-refractivity contribution in [2.24, 2.45) is 0 Å². The molecule has 0 unspecified atom stereocenters. The number of hydrogen-bond acceptors (Lipinski definition) is 4. The SMILES string of the molecule is CCN(CC)CCN(C)C/C=C/c1ccccc1[N+](=O)[O-]. The lowest BCUT2D eigenvalue weighted by atomic mass is 10.1. The number of benzene rings is 1. The largest absolute Gasteiger partial charge is 0.303 e. The maximum Gasteiger partial charge on any atom is 0.276 e. The second-order valence-electron chi connectivity index (χ2n) is 5.01. The summed E-state index contributed by atoms with van der Waals surface area (Å²) in [5.41, 5.74) is 0.805. The Bertz CT molecular complexity index is 470. The zero-order valence-corrected chi connectivity index (χ0v) is 13.2. The van der Waals surface area contributed by atoms with Crippen molar-refractivity contribution in [2.75, 3.05) is 39.8 Å². The molecule has 0 heterocycles. The highest BCUT2D eigenvalue weighted by Crippen LogP contribution is 2.18. The number of rotatable bonds is 9. The molecule has 5 heteroatoms. The van der Waals surface area contributed by atoms with Gasteiger partial charge in [0.05, 0.1) is 10.5 Å². The minimum absolute atomic E-state index is 0.152. The Morgan fingerprint density at radius 3 is 2.48 bits per heavy atom. The fraction of sp³-hybridized carbons (Fsp3) is 0.500. The second kappa shape index (κ2) is 9.26. The Kier molecular flexibility index (Phi) is 7.64. The van der Waals surface area contributed by atoms with E-state index < -0.39 is 0 Å². The third-order valence-corrected chi connectivity index (χ3v) is 3.54. The Hall–Kier alpha value is -1.72. The second-order valence-corrected chi connectivity index (χ2v) is 5.01. The van der Waals surface area contributed by atoms with Crippen LogP contribution in [0.3, 0.4) is 0 Å². The van der Waals surface area contributed by atoms with Gasteiger partial charge in [0.1, 0.15) is 0 Å². The highest BCUT2D eigenvalue weighted by Gasteiger charge is 2.09. The molecule has 1 aromatic carbocycles. The van der Waals surface area contributed by atoms with Crippen LogP contribution in [0.25, 0.3) is 6.08 Å². The Labute approximate surface area is 127 Å². The van der Waals surface area contributed by atoms with Crippen LogP contribution < -0.4 is 0 Å². The van der Waals surface area contributed by atoms with Gasteiger partial charge in [0.2, 0.25) is 0 Å². The number of likely N-dealkylation sites (N-methyl/N-ethyl adjacent to an activating group) is 2. The average molecular weight is 291 g/mol. The highest BCUT2D eigenvalue weighted by atomic mass is 16.6. The number of nitro groups is 1. The molecular weight excluding hydrogens is 266 g/mol. The van der Waals surface area contributed by atoms with Crippen LogP contribution in [0.2, 0.25) is 0 Å². The van der Waals surface area contributed by atoms with Crippen LogP contribution in [0.5, 0.6) is 0 Å². The summed E-state index contributed by atoms with van der Waals surface area (Å²) in [7, 11) is 2.06. The lowest BCUT2D eigenvalue weighted by molar-refractivity contribution is -0.385. The van der Waals surface area contributed by atoms with E-state index in [2.05, 4.69) is 30.7 Å². The quantitative estimate of drug-likeness (QED) is 0.518. The predicted molar refractivity (Wildman–Crippen MR) is 87.4 cm³/mol. The molecule has 116 valence electrons. The van der Waals surface area contributed by atoms with E-state index in [0.29, 0.717) is 5.56 Å². The molecular formula is C16H25N3O2. The molecule has 0 aliphatic heterocycles. The zero-order valence-electron chi connectivity index (χ0n) is 13.2. The average Bonchev–Trinajstić information content (AvgIpc) is 2.48. The van der Waals surface area contributed by atoms with Crippen LogP contribution >= 0.6 is 0 Å². The monoisotopic (exact) mass is 291 g/mol. The van der Waals surface area contributed by atoms with Crippen molar-refractivity contribution in [3.05, 3.63) is 46.0 Å². The molecule has 0 saturated heterocycles. The lowest BCUT2D eigenvalue weighted by Gasteiger charge is -2.22. The summed E-state index contributed by atoms with van der Waals surface area (Å²) in [4.78, 5) is 15.2. The van der Waals surface area contributed by atoms with Gasteiger partial charge in [0.25, 0.3) is 5.69 Å². The van der Waals surface area contributed by atoms with E-state index in [-0.39, 0.29) is 10.6 Å². The molecule has 1 aromatic rings. The number of nitrogens with zero attached hydrogens (tertiary/aromatic N) is 3. The summed E-state index contributed by atoms with van der Waals surface area (Å²) in [5, 5.41) is 10.9. The van der Waals surface area contributed by atoms with Crippen LogP contribution in [0.1, 0.15) is 19.4 Å². The van der Waals surface area contributed by atoms with Crippen LogP contribution in [0.4, 0.5) is 5.69 Å². The number of nitro benzene ring substituents is 1. The van der Waals surface area contributed by atoms with Gasteiger partial charge in [-0.1, -0.05) is 38.1 Å². The number of hydrogen-bond donors (Lipinski definition) is 0. The summed E-state index contributed by atoms with van der Waals surface area (Å²) in [6.07, 6.45) is 3.80. The van der Waals surface area contributed by atoms with Gasteiger partial charge in [-0.3, -0.25) is 10.1 Å². The van der Waals surface area contributed by atoms with Gasteiger partial charge in [0, 0.05) is 25.7 Å². The maximum absolute atomic E-state index is 10.9. The molecule has 0 aliphatic carbocycles. The van der Waals surface area contributed by atoms with Crippen molar-refractivity contribution < 1.29 is 4.92 Å². The van der Waals surface area contributed by atoms with Crippen molar-refractivity contribution in [1.82, 2.24) is 9.80 Å². The Morgan fingerprint density at radius 2 is 1.86 bits per heavy atom. The standard InChI is InChI=1S/C16H25N3O2/c1-4-18(5-2)14-13-17(3)12-8-10-15-9-6-7-11-16(15)19(20)21/h6-11H,4-5,12-14H2,1-3H3/b10-8+. The third-order valence-electron chi connectivity index (χ3n) is 3.54. The van der Waals surface area contributed by atoms with Gasteiger partial charge in [-0.2, -0.15) is 0 Å². The smallest absolute Gasteiger partial charge is 0.276 e. The van der Waals surface area contributed by atoms with E-state index in [1.165, 1.54) is 6.07 Å². The molecule has 5 nitrogen and oxygen atoms in total. The van der Waals surface area contributed by atoms with E-state index >= 15 is 0 Å². The van der Waals surface area contributed by atoms with Crippen molar-refractivity contribution >= 4 is 11.8 Å². The van der Waals surface area contributed by atoms with E-state index in [1.54, 1.807) is 12.1 Å². The first-order chi connectivity index (χ1) is 10.1. The molecule has 0 aliphatic rings. The van der Waals surface area contributed by atoms with Gasteiger partial charge in [-0.25, -0.2) is 0 Å². The summed E-state index contributed by atoms with van der Waals surface area (Å²) in [5.74, 6) is 0. The minimum Gasteiger partial charge on any atom is -0.303 e. The molecule has 0 amide bonds. The molecule has 0 bridgehead atoms. The van der Waals surface area contributed by atoms with Crippen molar-refractivity contribution in [3.63, 3.8) is 0 Å². The summed E-state index contributed by atoms with van der Waals surface area (Å²) < 4.78 is 0. The molecule has 0 N–H and O–H groups in total. The van der Waals surface area contributed by atoms with Gasteiger partial charge in [0.15, 0.2) is 0 Å². The molecule has 0 fully saturated rings. The predicted octanol–water partition coefficient (Wildman–Crippen LogP) is 2.88. The van der Waals surface area contributed by atoms with E-state index in [4.69, 9.17) is 0 Å². The molecule has 1 rings (SSSR count). The van der Waals surface area contributed by atoms with Crippen molar-refractivity contribution in [1.29, 1.82) is 0 Å². The van der Waals surface area contributed by atoms with E-state index in [1.807, 2.05) is 18.2 Å². The maximum atomic E-state index is 10.9.